The molecule has 0 atom stereocenters. The van der Waals surface area contributed by atoms with Crippen molar-refractivity contribution in [3.63, 3.8) is 0 Å². The van der Waals surface area contributed by atoms with Crippen molar-refractivity contribution >= 4 is 5.97 Å². The van der Waals surface area contributed by atoms with E-state index in [0.29, 0.717) is 17.7 Å². The smallest absolute Gasteiger partial charge is 0.336 e. The van der Waals surface area contributed by atoms with Crippen molar-refractivity contribution in [2.75, 3.05) is 0 Å². The third-order valence-corrected chi connectivity index (χ3v) is 3.98. The van der Waals surface area contributed by atoms with Crippen LogP contribution in [0.1, 0.15) is 39.9 Å². The van der Waals surface area contributed by atoms with Gasteiger partial charge in [0.2, 0.25) is 0 Å². The summed E-state index contributed by atoms with van der Waals surface area (Å²) in [6.45, 7) is 3.71. The van der Waals surface area contributed by atoms with Gasteiger partial charge in [0.25, 0.3) is 0 Å². The van der Waals surface area contributed by atoms with Crippen LogP contribution < -0.4 is 4.74 Å². The van der Waals surface area contributed by atoms with E-state index in [1.54, 1.807) is 0 Å². The molecule has 0 aromatic heterocycles. The number of aromatic carboxylic acids is 1. The number of benzene rings is 2. The normalized spacial score (nSPS) is 12.0. The van der Waals surface area contributed by atoms with E-state index in [2.05, 4.69) is 6.58 Å². The number of aryl methyl sites for hydroxylation is 1. The molecule has 0 amide bonds. The number of allylic oxidation sites excluding steroid dienone is 1. The fraction of sp³-hybridized carbons (Fsp3) is 0.211. The summed E-state index contributed by atoms with van der Waals surface area (Å²) in [6.07, 6.45) is 4.98. The molecule has 0 saturated heterocycles. The highest BCUT2D eigenvalue weighted by Gasteiger charge is 2.24. The van der Waals surface area contributed by atoms with Gasteiger partial charge in [-0.3, -0.25) is 0 Å². The summed E-state index contributed by atoms with van der Waals surface area (Å²) in [6, 6.07) is 11.5. The third kappa shape index (κ3) is 2.62. The topological polar surface area (TPSA) is 46.5 Å². The summed E-state index contributed by atoms with van der Waals surface area (Å²) in [4.78, 5) is 11.8. The van der Waals surface area contributed by atoms with Gasteiger partial charge in [-0.1, -0.05) is 30.3 Å². The van der Waals surface area contributed by atoms with Gasteiger partial charge in [0.15, 0.2) is 0 Å². The number of rotatable bonds is 5. The standard InChI is InChI=1S/C19H18O3/c1-2-3-4-7-13-10-11-17-15(18(13)19(20)21)12-14-8-5-6-9-16(14)22-17/h2,5-6,8-11H,1,3-4,7,12H2,(H,20,21). The van der Waals surface area contributed by atoms with E-state index >= 15 is 0 Å². The van der Waals surface area contributed by atoms with Crippen molar-refractivity contribution in [1.82, 2.24) is 0 Å². The van der Waals surface area contributed by atoms with E-state index in [1.165, 1.54) is 0 Å². The fourth-order valence-corrected chi connectivity index (χ4v) is 2.92. The number of carboxylic acid groups (broad SMARTS) is 1. The molecule has 0 spiro atoms. The Morgan fingerprint density at radius 1 is 1.23 bits per heavy atom. The molecule has 2 aromatic rings. The van der Waals surface area contributed by atoms with Gasteiger partial charge >= 0.3 is 5.97 Å². The summed E-state index contributed by atoms with van der Waals surface area (Å²) in [7, 11) is 0. The first-order valence-corrected chi connectivity index (χ1v) is 7.45. The molecular formula is C19H18O3. The first kappa shape index (κ1) is 14.4. The van der Waals surface area contributed by atoms with Crippen LogP contribution in [-0.2, 0) is 12.8 Å². The molecule has 1 heterocycles. The van der Waals surface area contributed by atoms with E-state index in [0.717, 1.165) is 41.7 Å². The Morgan fingerprint density at radius 2 is 2.05 bits per heavy atom. The van der Waals surface area contributed by atoms with Crippen LogP contribution in [0.15, 0.2) is 49.1 Å². The number of fused-ring (bicyclic) bond motifs is 2. The van der Waals surface area contributed by atoms with Gasteiger partial charge in [0.1, 0.15) is 11.5 Å². The number of carboxylic acids is 1. The lowest BCUT2D eigenvalue weighted by molar-refractivity contribution is 0.0694. The van der Waals surface area contributed by atoms with E-state index < -0.39 is 5.97 Å². The van der Waals surface area contributed by atoms with Crippen LogP contribution in [0.25, 0.3) is 0 Å². The molecule has 0 unspecified atom stereocenters. The predicted molar refractivity (Wildman–Crippen MR) is 85.9 cm³/mol. The van der Waals surface area contributed by atoms with Crippen molar-refractivity contribution in [1.29, 1.82) is 0 Å². The molecule has 0 bridgehead atoms. The number of ether oxygens (including phenoxy) is 1. The first-order chi connectivity index (χ1) is 10.7. The Balaban J connectivity index is 2.01. The third-order valence-electron chi connectivity index (χ3n) is 3.98. The van der Waals surface area contributed by atoms with Crippen molar-refractivity contribution in [3.05, 3.63) is 71.3 Å². The summed E-state index contributed by atoms with van der Waals surface area (Å²) in [5, 5.41) is 9.65. The molecule has 1 aliphatic rings. The maximum atomic E-state index is 11.8. The lowest BCUT2D eigenvalue weighted by atomic mass is 9.91. The van der Waals surface area contributed by atoms with Gasteiger partial charge in [0.05, 0.1) is 5.56 Å². The van der Waals surface area contributed by atoms with Crippen molar-refractivity contribution < 1.29 is 14.6 Å². The molecule has 0 saturated carbocycles. The van der Waals surface area contributed by atoms with E-state index in [4.69, 9.17) is 4.74 Å². The molecule has 22 heavy (non-hydrogen) atoms. The molecule has 2 aromatic carbocycles. The average Bonchev–Trinajstić information content (AvgIpc) is 2.52. The fourth-order valence-electron chi connectivity index (χ4n) is 2.92. The van der Waals surface area contributed by atoms with Gasteiger partial charge in [0, 0.05) is 12.0 Å². The molecule has 0 radical (unpaired) electrons. The van der Waals surface area contributed by atoms with Crippen molar-refractivity contribution in [2.24, 2.45) is 0 Å². The SMILES string of the molecule is C=CCCCc1ccc2c(c1C(=O)O)Cc1ccccc1O2. The van der Waals surface area contributed by atoms with Crippen LogP contribution in [0.4, 0.5) is 0 Å². The highest BCUT2D eigenvalue weighted by Crippen LogP contribution is 2.39. The second-order valence-corrected chi connectivity index (χ2v) is 5.45. The van der Waals surface area contributed by atoms with Crippen LogP contribution >= 0.6 is 0 Å². The van der Waals surface area contributed by atoms with E-state index in [-0.39, 0.29) is 0 Å². The van der Waals surface area contributed by atoms with E-state index in [9.17, 15) is 9.90 Å². The molecular weight excluding hydrogens is 276 g/mol. The number of para-hydroxylation sites is 1. The van der Waals surface area contributed by atoms with Crippen LogP contribution in [0, 0.1) is 0 Å². The van der Waals surface area contributed by atoms with Gasteiger partial charge in [-0.05, 0) is 42.5 Å². The molecule has 0 fully saturated rings. The van der Waals surface area contributed by atoms with Gasteiger partial charge in [-0.25, -0.2) is 4.79 Å². The molecule has 1 aliphatic heterocycles. The highest BCUT2D eigenvalue weighted by atomic mass is 16.5. The number of hydrogen-bond donors (Lipinski definition) is 1. The van der Waals surface area contributed by atoms with Crippen LogP contribution in [0.2, 0.25) is 0 Å². The summed E-state index contributed by atoms with van der Waals surface area (Å²) in [5.41, 5.74) is 3.08. The number of unbranched alkanes of at least 4 members (excludes halogenated alkanes) is 1. The zero-order valence-electron chi connectivity index (χ0n) is 12.3. The quantitative estimate of drug-likeness (QED) is 0.553. The minimum atomic E-state index is -0.881. The summed E-state index contributed by atoms with van der Waals surface area (Å²) >= 11 is 0. The Hall–Kier alpha value is -2.55. The lowest BCUT2D eigenvalue weighted by Gasteiger charge is -2.23. The second kappa shape index (κ2) is 6.06. The van der Waals surface area contributed by atoms with Gasteiger partial charge in [-0.15, -0.1) is 6.58 Å². The molecule has 0 aliphatic carbocycles. The zero-order valence-corrected chi connectivity index (χ0v) is 12.3. The maximum absolute atomic E-state index is 11.8. The molecule has 112 valence electrons. The van der Waals surface area contributed by atoms with Gasteiger partial charge in [-0.2, -0.15) is 0 Å². The Morgan fingerprint density at radius 3 is 2.82 bits per heavy atom. The minimum Gasteiger partial charge on any atom is -0.478 e. The summed E-state index contributed by atoms with van der Waals surface area (Å²) in [5.74, 6) is 0.586. The second-order valence-electron chi connectivity index (χ2n) is 5.45. The lowest BCUT2D eigenvalue weighted by Crippen LogP contribution is -2.12. The average molecular weight is 294 g/mol. The molecule has 3 heteroatoms. The van der Waals surface area contributed by atoms with Crippen LogP contribution in [-0.4, -0.2) is 11.1 Å². The van der Waals surface area contributed by atoms with Crippen molar-refractivity contribution in [2.45, 2.75) is 25.7 Å². The highest BCUT2D eigenvalue weighted by molar-refractivity contribution is 5.92. The number of carbonyl (C=O) groups is 1. The monoisotopic (exact) mass is 294 g/mol. The Bertz CT molecular complexity index is 731. The maximum Gasteiger partial charge on any atom is 0.336 e. The minimum absolute atomic E-state index is 0.399. The van der Waals surface area contributed by atoms with Gasteiger partial charge < -0.3 is 9.84 Å². The molecule has 3 nitrogen and oxygen atoms in total. The Kier molecular flexibility index (Phi) is 3.96. The van der Waals surface area contributed by atoms with Crippen LogP contribution in [0.3, 0.4) is 0 Å². The largest absolute Gasteiger partial charge is 0.478 e. The molecule has 3 rings (SSSR count). The molecule has 1 N–H and O–H groups in total. The zero-order chi connectivity index (χ0) is 15.5. The van der Waals surface area contributed by atoms with E-state index in [1.807, 2.05) is 42.5 Å². The van der Waals surface area contributed by atoms with Crippen LogP contribution in [0.5, 0.6) is 11.5 Å². The Labute approximate surface area is 129 Å². The summed E-state index contributed by atoms with van der Waals surface area (Å²) < 4.78 is 5.87. The number of hydrogen-bond acceptors (Lipinski definition) is 2. The predicted octanol–water partition coefficient (Wildman–Crippen LogP) is 4.59. The first-order valence-electron chi connectivity index (χ1n) is 7.45. The van der Waals surface area contributed by atoms with Crippen molar-refractivity contribution in [3.8, 4) is 11.5 Å².